The highest BCUT2D eigenvalue weighted by Gasteiger charge is 2.08. The Hall–Kier alpha value is -1.94. The van der Waals surface area contributed by atoms with Crippen LogP contribution in [0.1, 0.15) is 22.3 Å². The highest BCUT2D eigenvalue weighted by atomic mass is 32.1. The number of para-hydroxylation sites is 1. The average Bonchev–Trinajstić information content (AvgIpc) is 2.38. The van der Waals surface area contributed by atoms with E-state index in [0.717, 1.165) is 23.4 Å². The molecule has 0 saturated heterocycles. The van der Waals surface area contributed by atoms with Crippen LogP contribution in [0.3, 0.4) is 0 Å². The summed E-state index contributed by atoms with van der Waals surface area (Å²) in [6.45, 7) is 4.83. The van der Waals surface area contributed by atoms with Crippen LogP contribution in [0.15, 0.2) is 36.7 Å². The van der Waals surface area contributed by atoms with Gasteiger partial charge in [0.25, 0.3) is 0 Å². The molecule has 0 unspecified atom stereocenters. The SMILES string of the molecule is Cc1cnccc1CNc1c(C)cccc1C(N)=S. The Morgan fingerprint density at radius 3 is 2.74 bits per heavy atom. The molecule has 98 valence electrons. The van der Waals surface area contributed by atoms with Crippen molar-refractivity contribution >= 4 is 22.9 Å². The number of anilines is 1. The largest absolute Gasteiger partial charge is 0.389 e. The summed E-state index contributed by atoms with van der Waals surface area (Å²) in [5.74, 6) is 0. The van der Waals surface area contributed by atoms with Crippen LogP contribution in [0.2, 0.25) is 0 Å². The van der Waals surface area contributed by atoms with Gasteiger partial charge in [-0.1, -0.05) is 24.4 Å². The molecule has 0 atom stereocenters. The van der Waals surface area contributed by atoms with Gasteiger partial charge in [0.1, 0.15) is 4.99 Å². The van der Waals surface area contributed by atoms with Gasteiger partial charge >= 0.3 is 0 Å². The molecule has 0 radical (unpaired) electrons. The van der Waals surface area contributed by atoms with Gasteiger partial charge in [-0.25, -0.2) is 0 Å². The highest BCUT2D eigenvalue weighted by molar-refractivity contribution is 7.80. The van der Waals surface area contributed by atoms with Gasteiger partial charge in [-0.2, -0.15) is 0 Å². The summed E-state index contributed by atoms with van der Waals surface area (Å²) in [6.07, 6.45) is 3.67. The molecule has 1 aromatic heterocycles. The van der Waals surface area contributed by atoms with Gasteiger partial charge in [0, 0.05) is 30.2 Å². The van der Waals surface area contributed by atoms with Crippen LogP contribution in [0, 0.1) is 13.8 Å². The Bertz CT molecular complexity index is 608. The van der Waals surface area contributed by atoms with Crippen molar-refractivity contribution < 1.29 is 0 Å². The lowest BCUT2D eigenvalue weighted by Crippen LogP contribution is -2.14. The molecule has 3 N–H and O–H groups in total. The van der Waals surface area contributed by atoms with Gasteiger partial charge in [0.15, 0.2) is 0 Å². The van der Waals surface area contributed by atoms with E-state index in [2.05, 4.69) is 17.2 Å². The molecule has 0 saturated carbocycles. The summed E-state index contributed by atoms with van der Waals surface area (Å²) >= 11 is 5.09. The molecule has 0 bridgehead atoms. The van der Waals surface area contributed by atoms with Crippen LogP contribution in [0.25, 0.3) is 0 Å². The van der Waals surface area contributed by atoms with Gasteiger partial charge < -0.3 is 11.1 Å². The Kier molecular flexibility index (Phi) is 4.12. The summed E-state index contributed by atoms with van der Waals surface area (Å²) < 4.78 is 0. The van der Waals surface area contributed by atoms with Crippen molar-refractivity contribution in [2.45, 2.75) is 20.4 Å². The lowest BCUT2D eigenvalue weighted by atomic mass is 10.1. The molecule has 0 aliphatic carbocycles. The minimum absolute atomic E-state index is 0.414. The number of thiocarbonyl (C=S) groups is 1. The number of aromatic nitrogens is 1. The third-order valence-electron chi connectivity index (χ3n) is 3.13. The molecule has 0 aliphatic heterocycles. The van der Waals surface area contributed by atoms with E-state index in [-0.39, 0.29) is 0 Å². The number of hydrogen-bond acceptors (Lipinski definition) is 3. The van der Waals surface area contributed by atoms with Crippen molar-refractivity contribution in [2.24, 2.45) is 5.73 Å². The number of aryl methyl sites for hydroxylation is 2. The first-order chi connectivity index (χ1) is 9.09. The molecular weight excluding hydrogens is 254 g/mol. The second-order valence-corrected chi connectivity index (χ2v) is 4.96. The molecular formula is C15H17N3S. The quantitative estimate of drug-likeness (QED) is 0.839. The summed E-state index contributed by atoms with van der Waals surface area (Å²) in [5.41, 5.74) is 11.2. The van der Waals surface area contributed by atoms with E-state index in [1.165, 1.54) is 11.1 Å². The van der Waals surface area contributed by atoms with Crippen LogP contribution in [-0.4, -0.2) is 9.97 Å². The summed E-state index contributed by atoms with van der Waals surface area (Å²) in [6, 6.07) is 7.97. The summed E-state index contributed by atoms with van der Waals surface area (Å²) in [4.78, 5) is 4.51. The monoisotopic (exact) mass is 271 g/mol. The predicted molar refractivity (Wildman–Crippen MR) is 83.4 cm³/mol. The highest BCUT2D eigenvalue weighted by Crippen LogP contribution is 2.21. The van der Waals surface area contributed by atoms with Gasteiger partial charge in [-0.3, -0.25) is 4.98 Å². The second kappa shape index (κ2) is 5.80. The normalized spacial score (nSPS) is 10.2. The fourth-order valence-electron chi connectivity index (χ4n) is 1.99. The first kappa shape index (κ1) is 13.5. The van der Waals surface area contributed by atoms with Crippen molar-refractivity contribution in [1.29, 1.82) is 0 Å². The average molecular weight is 271 g/mol. The maximum Gasteiger partial charge on any atom is 0.106 e. The van der Waals surface area contributed by atoms with E-state index >= 15 is 0 Å². The second-order valence-electron chi connectivity index (χ2n) is 4.52. The van der Waals surface area contributed by atoms with Crippen LogP contribution in [0.5, 0.6) is 0 Å². The van der Waals surface area contributed by atoms with E-state index in [0.29, 0.717) is 4.99 Å². The third-order valence-corrected chi connectivity index (χ3v) is 3.35. The molecule has 2 rings (SSSR count). The van der Waals surface area contributed by atoms with Crippen LogP contribution >= 0.6 is 12.2 Å². The topological polar surface area (TPSA) is 50.9 Å². The van der Waals surface area contributed by atoms with E-state index in [4.69, 9.17) is 18.0 Å². The third kappa shape index (κ3) is 3.09. The number of nitrogens with one attached hydrogen (secondary N) is 1. The molecule has 1 heterocycles. The Morgan fingerprint density at radius 1 is 1.26 bits per heavy atom. The fraction of sp³-hybridized carbons (Fsp3) is 0.200. The van der Waals surface area contributed by atoms with Crippen molar-refractivity contribution in [3.05, 3.63) is 58.9 Å². The van der Waals surface area contributed by atoms with Crippen molar-refractivity contribution in [3.63, 3.8) is 0 Å². The smallest absolute Gasteiger partial charge is 0.106 e. The van der Waals surface area contributed by atoms with Crippen LogP contribution in [-0.2, 0) is 6.54 Å². The molecule has 0 amide bonds. The standard InChI is InChI=1S/C15H17N3S/c1-10-4-3-5-13(15(16)19)14(10)18-9-12-6-7-17-8-11(12)2/h3-8,18H,9H2,1-2H3,(H2,16,19). The van der Waals surface area contributed by atoms with Gasteiger partial charge in [0.2, 0.25) is 0 Å². The van der Waals surface area contributed by atoms with Crippen molar-refractivity contribution in [3.8, 4) is 0 Å². The minimum Gasteiger partial charge on any atom is -0.389 e. The van der Waals surface area contributed by atoms with Crippen molar-refractivity contribution in [2.75, 3.05) is 5.32 Å². The Labute approximate surface area is 118 Å². The van der Waals surface area contributed by atoms with Gasteiger partial charge in [-0.15, -0.1) is 0 Å². The zero-order valence-electron chi connectivity index (χ0n) is 11.1. The molecule has 19 heavy (non-hydrogen) atoms. The Morgan fingerprint density at radius 2 is 2.05 bits per heavy atom. The molecule has 0 aliphatic rings. The minimum atomic E-state index is 0.414. The number of rotatable bonds is 4. The zero-order valence-corrected chi connectivity index (χ0v) is 11.9. The predicted octanol–water partition coefficient (Wildman–Crippen LogP) is 2.94. The van der Waals surface area contributed by atoms with E-state index < -0.39 is 0 Å². The summed E-state index contributed by atoms with van der Waals surface area (Å²) in [7, 11) is 0. The van der Waals surface area contributed by atoms with Gasteiger partial charge in [-0.05, 0) is 42.7 Å². The van der Waals surface area contributed by atoms with E-state index in [9.17, 15) is 0 Å². The fourth-order valence-corrected chi connectivity index (χ4v) is 2.16. The molecule has 2 aromatic rings. The van der Waals surface area contributed by atoms with Crippen LogP contribution < -0.4 is 11.1 Å². The maximum atomic E-state index is 5.76. The van der Waals surface area contributed by atoms with E-state index in [1.807, 2.05) is 37.4 Å². The number of nitrogens with zero attached hydrogens (tertiary/aromatic N) is 1. The lowest BCUT2D eigenvalue weighted by Gasteiger charge is -2.15. The summed E-state index contributed by atoms with van der Waals surface area (Å²) in [5, 5.41) is 3.42. The molecule has 0 spiro atoms. The zero-order chi connectivity index (χ0) is 13.8. The first-order valence-corrected chi connectivity index (χ1v) is 6.53. The molecule has 0 fully saturated rings. The van der Waals surface area contributed by atoms with Crippen LogP contribution in [0.4, 0.5) is 5.69 Å². The molecule has 1 aromatic carbocycles. The number of pyridine rings is 1. The lowest BCUT2D eigenvalue weighted by molar-refractivity contribution is 1.08. The van der Waals surface area contributed by atoms with Gasteiger partial charge in [0.05, 0.1) is 0 Å². The van der Waals surface area contributed by atoms with Crippen molar-refractivity contribution in [1.82, 2.24) is 4.98 Å². The molecule has 4 heteroatoms. The van der Waals surface area contributed by atoms with E-state index in [1.54, 1.807) is 6.20 Å². The number of benzene rings is 1. The Balaban J connectivity index is 2.25. The first-order valence-electron chi connectivity index (χ1n) is 6.12. The number of hydrogen-bond donors (Lipinski definition) is 2. The number of nitrogens with two attached hydrogens (primary N) is 1. The maximum absolute atomic E-state index is 5.76. The molecule has 3 nitrogen and oxygen atoms in total.